The summed E-state index contributed by atoms with van der Waals surface area (Å²) in [5.74, 6) is -2.59. The summed E-state index contributed by atoms with van der Waals surface area (Å²) in [6.45, 7) is 0. The Bertz CT molecular complexity index is 512. The zero-order valence-corrected chi connectivity index (χ0v) is 9.52. The van der Waals surface area contributed by atoms with Crippen molar-refractivity contribution in [2.75, 3.05) is 0 Å². The molecule has 0 spiro atoms. The number of alkyl halides is 1. The number of rotatable bonds is 2. The van der Waals surface area contributed by atoms with E-state index in [-0.39, 0.29) is 5.03 Å². The van der Waals surface area contributed by atoms with Gasteiger partial charge >= 0.3 is 5.79 Å². The first-order chi connectivity index (χ1) is 8.03. The van der Waals surface area contributed by atoms with Crippen LogP contribution in [0.4, 0.5) is 4.39 Å². The Morgan fingerprint density at radius 3 is 2.53 bits per heavy atom. The highest BCUT2D eigenvalue weighted by molar-refractivity contribution is 6.33. The summed E-state index contributed by atoms with van der Waals surface area (Å²) in [4.78, 5) is 9.60. The molecule has 2 rings (SSSR count). The third-order valence-electron chi connectivity index (χ3n) is 2.59. The summed E-state index contributed by atoms with van der Waals surface area (Å²) in [7, 11) is 0. The van der Waals surface area contributed by atoms with Gasteiger partial charge in [-0.05, 0) is 17.2 Å². The van der Waals surface area contributed by atoms with Gasteiger partial charge in [0.05, 0.1) is 11.3 Å². The highest BCUT2D eigenvalue weighted by Gasteiger charge is 2.43. The van der Waals surface area contributed by atoms with Crippen LogP contribution in [-0.4, -0.2) is 10.7 Å². The minimum atomic E-state index is -2.59. The number of allylic oxidation sites excluding steroid dienone is 2. The number of benzene rings is 1. The predicted octanol–water partition coefficient (Wildman–Crippen LogP) is 3.54. The van der Waals surface area contributed by atoms with Crippen LogP contribution in [0.25, 0.3) is 5.57 Å². The molecular formula is C12H9ClFNO2. The van der Waals surface area contributed by atoms with Crippen LogP contribution in [0.15, 0.2) is 47.5 Å². The molecule has 0 saturated heterocycles. The second kappa shape index (κ2) is 4.30. The van der Waals surface area contributed by atoms with Crippen molar-refractivity contribution in [3.63, 3.8) is 0 Å². The van der Waals surface area contributed by atoms with Crippen molar-refractivity contribution in [3.05, 3.63) is 63.2 Å². The van der Waals surface area contributed by atoms with E-state index in [2.05, 4.69) is 0 Å². The minimum absolute atomic E-state index is 0.165. The highest BCUT2D eigenvalue weighted by Crippen LogP contribution is 2.36. The molecule has 1 aliphatic rings. The van der Waals surface area contributed by atoms with Gasteiger partial charge in [0.2, 0.25) is 0 Å². The van der Waals surface area contributed by atoms with Crippen LogP contribution >= 0.6 is 11.6 Å². The standard InChI is InChI=1S/C12H9ClFNO2/c13-11-8-12(14,15(16)17)7-6-10(11)9-4-2-1-3-5-9/h1-7H,8H2. The molecule has 0 heterocycles. The second-order valence-corrected chi connectivity index (χ2v) is 4.23. The van der Waals surface area contributed by atoms with Crippen molar-refractivity contribution in [2.45, 2.75) is 12.2 Å². The topological polar surface area (TPSA) is 43.1 Å². The van der Waals surface area contributed by atoms with E-state index in [1.807, 2.05) is 30.3 Å². The van der Waals surface area contributed by atoms with Gasteiger partial charge in [-0.25, -0.2) is 0 Å². The third-order valence-corrected chi connectivity index (χ3v) is 2.93. The first-order valence-corrected chi connectivity index (χ1v) is 5.37. The molecule has 1 aliphatic carbocycles. The van der Waals surface area contributed by atoms with Gasteiger partial charge in [0, 0.05) is 11.1 Å². The van der Waals surface area contributed by atoms with E-state index >= 15 is 0 Å². The lowest BCUT2D eigenvalue weighted by Gasteiger charge is -2.18. The van der Waals surface area contributed by atoms with Crippen LogP contribution < -0.4 is 0 Å². The van der Waals surface area contributed by atoms with Gasteiger partial charge < -0.3 is 0 Å². The molecule has 17 heavy (non-hydrogen) atoms. The molecule has 88 valence electrons. The summed E-state index contributed by atoms with van der Waals surface area (Å²) in [5.41, 5.74) is 1.45. The van der Waals surface area contributed by atoms with Crippen LogP contribution in [0.5, 0.6) is 0 Å². The normalized spacial score (nSPS) is 23.9. The van der Waals surface area contributed by atoms with Gasteiger partial charge in [-0.2, -0.15) is 4.39 Å². The molecule has 0 fully saturated rings. The molecule has 3 nitrogen and oxygen atoms in total. The van der Waals surface area contributed by atoms with E-state index in [1.54, 1.807) is 0 Å². The molecule has 0 saturated carbocycles. The Hall–Kier alpha value is -1.68. The van der Waals surface area contributed by atoms with Crippen molar-refractivity contribution >= 4 is 17.2 Å². The zero-order valence-electron chi connectivity index (χ0n) is 8.77. The fourth-order valence-corrected chi connectivity index (χ4v) is 2.03. The first kappa shape index (κ1) is 11.8. The maximum absolute atomic E-state index is 13.7. The summed E-state index contributed by atoms with van der Waals surface area (Å²) in [5, 5.41) is 10.7. The van der Waals surface area contributed by atoms with Gasteiger partial charge in [0.1, 0.15) is 0 Å². The summed E-state index contributed by atoms with van der Waals surface area (Å²) in [6.07, 6.45) is 1.88. The van der Waals surface area contributed by atoms with Crippen molar-refractivity contribution in [1.29, 1.82) is 0 Å². The van der Waals surface area contributed by atoms with Crippen LogP contribution in [0.2, 0.25) is 0 Å². The number of hydrogen-bond acceptors (Lipinski definition) is 2. The Morgan fingerprint density at radius 1 is 1.35 bits per heavy atom. The van der Waals surface area contributed by atoms with Crippen molar-refractivity contribution in [3.8, 4) is 0 Å². The fourth-order valence-electron chi connectivity index (χ4n) is 1.67. The van der Waals surface area contributed by atoms with E-state index < -0.39 is 17.1 Å². The quantitative estimate of drug-likeness (QED) is 0.460. The zero-order chi connectivity index (χ0) is 12.5. The molecule has 5 heteroatoms. The molecule has 0 amide bonds. The van der Waals surface area contributed by atoms with E-state index in [0.29, 0.717) is 5.57 Å². The van der Waals surface area contributed by atoms with Gasteiger partial charge in [-0.1, -0.05) is 41.9 Å². The van der Waals surface area contributed by atoms with E-state index in [4.69, 9.17) is 11.6 Å². The predicted molar refractivity (Wildman–Crippen MR) is 63.8 cm³/mol. The van der Waals surface area contributed by atoms with Gasteiger partial charge in [0.25, 0.3) is 0 Å². The Morgan fingerprint density at radius 2 is 2.00 bits per heavy atom. The third kappa shape index (κ3) is 2.22. The van der Waals surface area contributed by atoms with Crippen LogP contribution in [0.3, 0.4) is 0 Å². The average Bonchev–Trinajstić information content (AvgIpc) is 2.30. The number of nitrogens with zero attached hydrogens (tertiary/aromatic N) is 1. The van der Waals surface area contributed by atoms with Crippen LogP contribution in [0, 0.1) is 10.1 Å². The van der Waals surface area contributed by atoms with Crippen LogP contribution in [0.1, 0.15) is 12.0 Å². The Balaban J connectivity index is 2.36. The lowest BCUT2D eigenvalue weighted by Crippen LogP contribution is -2.32. The number of halogens is 2. The molecule has 0 aliphatic heterocycles. The van der Waals surface area contributed by atoms with Gasteiger partial charge in [0.15, 0.2) is 0 Å². The summed E-state index contributed by atoms with van der Waals surface area (Å²) >= 11 is 5.93. The monoisotopic (exact) mass is 253 g/mol. The molecule has 0 radical (unpaired) electrons. The first-order valence-electron chi connectivity index (χ1n) is 5.00. The second-order valence-electron chi connectivity index (χ2n) is 3.77. The molecule has 1 atom stereocenters. The molecule has 0 aromatic heterocycles. The lowest BCUT2D eigenvalue weighted by molar-refractivity contribution is -0.588. The van der Waals surface area contributed by atoms with Crippen molar-refractivity contribution in [2.24, 2.45) is 0 Å². The molecule has 1 aromatic rings. The Kier molecular flexibility index (Phi) is 2.98. The number of nitro groups is 1. The van der Waals surface area contributed by atoms with E-state index in [0.717, 1.165) is 11.6 Å². The Labute approximate surface area is 102 Å². The van der Waals surface area contributed by atoms with Crippen molar-refractivity contribution in [1.82, 2.24) is 0 Å². The fraction of sp³-hybridized carbons (Fsp3) is 0.167. The smallest absolute Gasteiger partial charge is 0.261 e. The average molecular weight is 254 g/mol. The molecule has 0 N–H and O–H groups in total. The maximum atomic E-state index is 13.7. The van der Waals surface area contributed by atoms with Crippen LogP contribution in [-0.2, 0) is 0 Å². The maximum Gasteiger partial charge on any atom is 0.383 e. The minimum Gasteiger partial charge on any atom is -0.261 e. The molecule has 0 bridgehead atoms. The molecule has 1 aromatic carbocycles. The van der Waals surface area contributed by atoms with Gasteiger partial charge in [-0.15, -0.1) is 0 Å². The molecular weight excluding hydrogens is 245 g/mol. The van der Waals surface area contributed by atoms with Gasteiger partial charge in [-0.3, -0.25) is 10.1 Å². The SMILES string of the molecule is O=[N+]([O-])C1(F)C=CC(c2ccccc2)=C(Cl)C1. The summed E-state index contributed by atoms with van der Waals surface area (Å²) < 4.78 is 13.7. The van der Waals surface area contributed by atoms with E-state index in [1.165, 1.54) is 6.08 Å². The molecule has 1 unspecified atom stereocenters. The largest absolute Gasteiger partial charge is 0.383 e. The highest BCUT2D eigenvalue weighted by atomic mass is 35.5. The summed E-state index contributed by atoms with van der Waals surface area (Å²) in [6, 6.07) is 9.14. The van der Waals surface area contributed by atoms with E-state index in [9.17, 15) is 14.5 Å². The van der Waals surface area contributed by atoms with Crippen molar-refractivity contribution < 1.29 is 9.31 Å². The number of hydrogen-bond donors (Lipinski definition) is 0. The lowest BCUT2D eigenvalue weighted by atomic mass is 9.96.